The summed E-state index contributed by atoms with van der Waals surface area (Å²) < 4.78 is 4.89. The van der Waals surface area contributed by atoms with E-state index in [2.05, 4.69) is 6.58 Å². The number of carbonyl (C=O) groups excluding carboxylic acids is 3. The number of carboxylic acid groups (broad SMARTS) is 2. The standard InChI is InChI=1S/C17H16O8/c1-9(2)14(19)10-5-6-11(15(20)21)12(16(22)23)13(10)17(24)25-8-4-3-7-18/h5-7H,1,3-4,8H2,2H3,(H,20,21)(H,22,23). The number of esters is 1. The molecule has 0 atom stereocenters. The molecule has 1 aromatic carbocycles. The lowest BCUT2D eigenvalue weighted by atomic mass is 9.92. The number of ether oxygens (including phenoxy) is 1. The van der Waals surface area contributed by atoms with Gasteiger partial charge in [-0.15, -0.1) is 0 Å². The molecule has 0 radical (unpaired) electrons. The van der Waals surface area contributed by atoms with Crippen molar-refractivity contribution in [3.63, 3.8) is 0 Å². The van der Waals surface area contributed by atoms with Crippen LogP contribution in [-0.4, -0.2) is 46.8 Å². The zero-order valence-corrected chi connectivity index (χ0v) is 13.4. The molecule has 0 amide bonds. The number of allylic oxidation sites excluding steroid dienone is 1. The van der Waals surface area contributed by atoms with Gasteiger partial charge in [-0.1, -0.05) is 6.58 Å². The average molecular weight is 348 g/mol. The maximum Gasteiger partial charge on any atom is 0.339 e. The maximum absolute atomic E-state index is 12.3. The van der Waals surface area contributed by atoms with E-state index in [4.69, 9.17) is 9.84 Å². The van der Waals surface area contributed by atoms with Crippen LogP contribution in [0.4, 0.5) is 0 Å². The summed E-state index contributed by atoms with van der Waals surface area (Å²) in [5, 5.41) is 18.5. The van der Waals surface area contributed by atoms with Gasteiger partial charge in [0.1, 0.15) is 6.29 Å². The molecule has 0 saturated heterocycles. The zero-order valence-electron chi connectivity index (χ0n) is 13.4. The Labute approximate surface area is 142 Å². The Balaban J connectivity index is 3.52. The summed E-state index contributed by atoms with van der Waals surface area (Å²) >= 11 is 0. The third kappa shape index (κ3) is 4.60. The first-order valence-corrected chi connectivity index (χ1v) is 7.16. The Hall–Kier alpha value is -3.29. The topological polar surface area (TPSA) is 135 Å². The van der Waals surface area contributed by atoms with E-state index in [0.717, 1.165) is 12.1 Å². The number of carbonyl (C=O) groups is 5. The van der Waals surface area contributed by atoms with Crippen LogP contribution in [0.25, 0.3) is 0 Å². The molecule has 0 aliphatic heterocycles. The summed E-state index contributed by atoms with van der Waals surface area (Å²) in [6, 6.07) is 1.99. The minimum atomic E-state index is -1.69. The average Bonchev–Trinajstić information content (AvgIpc) is 2.56. The van der Waals surface area contributed by atoms with Crippen LogP contribution >= 0.6 is 0 Å². The molecule has 0 saturated carbocycles. The highest BCUT2D eigenvalue weighted by atomic mass is 16.5. The van der Waals surface area contributed by atoms with Crippen molar-refractivity contribution in [2.45, 2.75) is 19.8 Å². The molecule has 0 bridgehead atoms. The SMILES string of the molecule is C=C(C)C(=O)c1ccc(C(=O)O)c(C(=O)O)c1C(=O)OCCCC=O. The predicted molar refractivity (Wildman–Crippen MR) is 85.1 cm³/mol. The molecule has 0 aliphatic carbocycles. The third-order valence-electron chi connectivity index (χ3n) is 3.19. The third-order valence-corrected chi connectivity index (χ3v) is 3.19. The predicted octanol–water partition coefficient (Wildman–Crippen LogP) is 1.98. The number of aldehydes is 1. The van der Waals surface area contributed by atoms with Crippen molar-refractivity contribution in [2.24, 2.45) is 0 Å². The van der Waals surface area contributed by atoms with E-state index in [0.29, 0.717) is 6.29 Å². The summed E-state index contributed by atoms with van der Waals surface area (Å²) in [6.45, 7) is 4.63. The molecule has 0 heterocycles. The van der Waals surface area contributed by atoms with Gasteiger partial charge in [0, 0.05) is 12.0 Å². The molecule has 132 valence electrons. The van der Waals surface area contributed by atoms with Crippen molar-refractivity contribution in [1.82, 2.24) is 0 Å². The van der Waals surface area contributed by atoms with Gasteiger partial charge in [0.15, 0.2) is 5.78 Å². The highest BCUT2D eigenvalue weighted by Crippen LogP contribution is 2.23. The molecule has 8 nitrogen and oxygen atoms in total. The van der Waals surface area contributed by atoms with Gasteiger partial charge >= 0.3 is 17.9 Å². The summed E-state index contributed by atoms with van der Waals surface area (Å²) in [4.78, 5) is 57.6. The number of ketones is 1. The lowest BCUT2D eigenvalue weighted by molar-refractivity contribution is -0.108. The van der Waals surface area contributed by atoms with Crippen molar-refractivity contribution in [3.8, 4) is 0 Å². The van der Waals surface area contributed by atoms with Gasteiger partial charge in [-0.25, -0.2) is 14.4 Å². The Kier molecular flexibility index (Phi) is 6.74. The normalized spacial score (nSPS) is 9.96. The van der Waals surface area contributed by atoms with Crippen LogP contribution < -0.4 is 0 Å². The zero-order chi connectivity index (χ0) is 19.1. The first-order chi connectivity index (χ1) is 11.7. The van der Waals surface area contributed by atoms with E-state index in [1.807, 2.05) is 0 Å². The number of unbranched alkanes of at least 4 members (excludes halogenated alkanes) is 1. The number of carboxylic acids is 2. The maximum atomic E-state index is 12.3. The van der Waals surface area contributed by atoms with E-state index < -0.39 is 40.4 Å². The lowest BCUT2D eigenvalue weighted by Gasteiger charge is -2.13. The molecular formula is C17H16O8. The fourth-order valence-electron chi connectivity index (χ4n) is 2.04. The van der Waals surface area contributed by atoms with Crippen LogP contribution in [0.5, 0.6) is 0 Å². The van der Waals surface area contributed by atoms with Crippen LogP contribution in [0.1, 0.15) is 61.2 Å². The van der Waals surface area contributed by atoms with Gasteiger partial charge in [-0.2, -0.15) is 0 Å². The smallest absolute Gasteiger partial charge is 0.339 e. The van der Waals surface area contributed by atoms with Gasteiger partial charge in [-0.3, -0.25) is 4.79 Å². The second-order valence-electron chi connectivity index (χ2n) is 5.08. The Morgan fingerprint density at radius 2 is 1.68 bits per heavy atom. The lowest BCUT2D eigenvalue weighted by Crippen LogP contribution is -2.21. The largest absolute Gasteiger partial charge is 0.478 e. The molecule has 0 fully saturated rings. The van der Waals surface area contributed by atoms with E-state index >= 15 is 0 Å². The van der Waals surface area contributed by atoms with Gasteiger partial charge in [-0.05, 0) is 31.1 Å². The molecular weight excluding hydrogens is 332 g/mol. The van der Waals surface area contributed by atoms with Crippen LogP contribution in [0.2, 0.25) is 0 Å². The molecule has 2 N–H and O–H groups in total. The summed E-state index contributed by atoms with van der Waals surface area (Å²) in [7, 11) is 0. The molecule has 0 aromatic heterocycles. The quantitative estimate of drug-likeness (QED) is 0.227. The van der Waals surface area contributed by atoms with Crippen molar-refractivity contribution >= 4 is 30.0 Å². The highest BCUT2D eigenvalue weighted by molar-refractivity contribution is 6.19. The molecule has 0 spiro atoms. The number of aromatic carboxylic acids is 2. The van der Waals surface area contributed by atoms with Crippen molar-refractivity contribution in [1.29, 1.82) is 0 Å². The van der Waals surface area contributed by atoms with E-state index in [-0.39, 0.29) is 30.6 Å². The van der Waals surface area contributed by atoms with Crippen LogP contribution in [-0.2, 0) is 9.53 Å². The second-order valence-corrected chi connectivity index (χ2v) is 5.08. The fourth-order valence-corrected chi connectivity index (χ4v) is 2.04. The number of benzene rings is 1. The monoisotopic (exact) mass is 348 g/mol. The molecule has 0 unspecified atom stereocenters. The van der Waals surface area contributed by atoms with Crippen molar-refractivity contribution in [2.75, 3.05) is 6.61 Å². The fraction of sp³-hybridized carbons (Fsp3) is 0.235. The molecule has 25 heavy (non-hydrogen) atoms. The first-order valence-electron chi connectivity index (χ1n) is 7.16. The summed E-state index contributed by atoms with van der Waals surface area (Å²) in [6.07, 6.45) is 0.962. The van der Waals surface area contributed by atoms with Gasteiger partial charge < -0.3 is 19.7 Å². The minimum absolute atomic E-state index is 0.0365. The number of hydrogen-bond donors (Lipinski definition) is 2. The molecule has 8 heteroatoms. The van der Waals surface area contributed by atoms with E-state index in [1.54, 1.807) is 0 Å². The van der Waals surface area contributed by atoms with Crippen LogP contribution in [0.15, 0.2) is 24.3 Å². The van der Waals surface area contributed by atoms with Crippen molar-refractivity contribution in [3.05, 3.63) is 46.5 Å². The van der Waals surface area contributed by atoms with Gasteiger partial charge in [0.2, 0.25) is 0 Å². The Bertz CT molecular complexity index is 760. The Morgan fingerprint density at radius 1 is 1.08 bits per heavy atom. The number of hydrogen-bond acceptors (Lipinski definition) is 6. The number of Topliss-reactive ketones (excluding diaryl/α,β-unsaturated/α-hetero) is 1. The summed E-state index contributed by atoms with van der Waals surface area (Å²) in [5.41, 5.74) is -2.40. The van der Waals surface area contributed by atoms with Crippen molar-refractivity contribution < 1.29 is 38.9 Å². The van der Waals surface area contributed by atoms with Crippen LogP contribution in [0, 0.1) is 0 Å². The van der Waals surface area contributed by atoms with Gasteiger partial charge in [0.25, 0.3) is 0 Å². The Morgan fingerprint density at radius 3 is 2.16 bits per heavy atom. The number of rotatable bonds is 9. The minimum Gasteiger partial charge on any atom is -0.478 e. The van der Waals surface area contributed by atoms with E-state index in [1.165, 1.54) is 6.92 Å². The molecule has 1 rings (SSSR count). The molecule has 1 aromatic rings. The van der Waals surface area contributed by atoms with Crippen LogP contribution in [0.3, 0.4) is 0 Å². The highest BCUT2D eigenvalue weighted by Gasteiger charge is 2.30. The molecule has 0 aliphatic rings. The van der Waals surface area contributed by atoms with E-state index in [9.17, 15) is 29.1 Å². The second kappa shape index (κ2) is 8.53. The first kappa shape index (κ1) is 19.8. The van der Waals surface area contributed by atoms with Gasteiger partial charge in [0.05, 0.1) is 23.3 Å². The summed E-state index contributed by atoms with van der Waals surface area (Å²) in [5.74, 6) is -5.12.